The molecule has 0 bridgehead atoms. The maximum absolute atomic E-state index is 6.08. The summed E-state index contributed by atoms with van der Waals surface area (Å²) < 4.78 is 7.10. The first-order chi connectivity index (χ1) is 11.3. The SMILES string of the molecule is Brc1cccc(-c2nc3cccc(Cc4ccccc4)c3o2)c1. The van der Waals surface area contributed by atoms with Crippen molar-refractivity contribution >= 4 is 27.0 Å². The lowest BCUT2D eigenvalue weighted by Gasteiger charge is -2.02. The van der Waals surface area contributed by atoms with E-state index in [-0.39, 0.29) is 0 Å². The topological polar surface area (TPSA) is 26.0 Å². The molecule has 0 radical (unpaired) electrons. The highest BCUT2D eigenvalue weighted by molar-refractivity contribution is 9.10. The molecule has 0 saturated carbocycles. The molecule has 0 atom stereocenters. The molecule has 2 nitrogen and oxygen atoms in total. The molecule has 0 spiro atoms. The zero-order chi connectivity index (χ0) is 15.6. The van der Waals surface area contributed by atoms with Crippen LogP contribution in [0.2, 0.25) is 0 Å². The minimum Gasteiger partial charge on any atom is -0.436 e. The summed E-state index contributed by atoms with van der Waals surface area (Å²) in [6.45, 7) is 0. The Hall–Kier alpha value is -2.39. The quantitative estimate of drug-likeness (QED) is 0.456. The minimum atomic E-state index is 0.654. The lowest BCUT2D eigenvalue weighted by Crippen LogP contribution is -1.87. The molecule has 0 unspecified atom stereocenters. The summed E-state index contributed by atoms with van der Waals surface area (Å²) in [7, 11) is 0. The van der Waals surface area contributed by atoms with E-state index in [2.05, 4.69) is 51.2 Å². The van der Waals surface area contributed by atoms with Gasteiger partial charge in [0.2, 0.25) is 5.89 Å². The fourth-order valence-corrected chi connectivity index (χ4v) is 3.11. The van der Waals surface area contributed by atoms with Crippen LogP contribution >= 0.6 is 15.9 Å². The van der Waals surface area contributed by atoms with Crippen LogP contribution in [0.3, 0.4) is 0 Å². The van der Waals surface area contributed by atoms with Crippen molar-refractivity contribution in [1.82, 2.24) is 4.98 Å². The summed E-state index contributed by atoms with van der Waals surface area (Å²) in [5.74, 6) is 0.654. The monoisotopic (exact) mass is 363 g/mol. The van der Waals surface area contributed by atoms with Gasteiger partial charge in [0, 0.05) is 22.0 Å². The normalized spacial score (nSPS) is 11.0. The molecule has 0 aliphatic carbocycles. The summed E-state index contributed by atoms with van der Waals surface area (Å²) in [4.78, 5) is 4.64. The summed E-state index contributed by atoms with van der Waals surface area (Å²) in [6, 6.07) is 24.5. The lowest BCUT2D eigenvalue weighted by molar-refractivity contribution is 0.616. The minimum absolute atomic E-state index is 0.654. The van der Waals surface area contributed by atoms with Crippen LogP contribution in [0.1, 0.15) is 11.1 Å². The van der Waals surface area contributed by atoms with E-state index in [1.54, 1.807) is 0 Å². The van der Waals surface area contributed by atoms with E-state index in [0.717, 1.165) is 33.1 Å². The van der Waals surface area contributed by atoms with Crippen LogP contribution in [0.5, 0.6) is 0 Å². The Balaban J connectivity index is 1.78. The number of fused-ring (bicyclic) bond motifs is 1. The molecule has 23 heavy (non-hydrogen) atoms. The number of benzene rings is 3. The van der Waals surface area contributed by atoms with Gasteiger partial charge in [-0.15, -0.1) is 0 Å². The lowest BCUT2D eigenvalue weighted by atomic mass is 10.0. The molecule has 3 aromatic carbocycles. The molecular weight excluding hydrogens is 350 g/mol. The number of halogens is 1. The van der Waals surface area contributed by atoms with Crippen molar-refractivity contribution in [2.75, 3.05) is 0 Å². The van der Waals surface area contributed by atoms with E-state index in [0.29, 0.717) is 5.89 Å². The predicted octanol–water partition coefficient (Wildman–Crippen LogP) is 5.85. The van der Waals surface area contributed by atoms with E-state index in [4.69, 9.17) is 4.42 Å². The Bertz CT molecular complexity index is 960. The molecule has 3 heteroatoms. The van der Waals surface area contributed by atoms with Gasteiger partial charge in [0.25, 0.3) is 0 Å². The van der Waals surface area contributed by atoms with E-state index >= 15 is 0 Å². The molecule has 4 rings (SSSR count). The summed E-state index contributed by atoms with van der Waals surface area (Å²) in [5.41, 5.74) is 5.16. The van der Waals surface area contributed by atoms with Gasteiger partial charge in [-0.2, -0.15) is 0 Å². The van der Waals surface area contributed by atoms with Crippen molar-refractivity contribution in [2.24, 2.45) is 0 Å². The second-order valence-corrected chi connectivity index (χ2v) is 6.37. The maximum atomic E-state index is 6.08. The van der Waals surface area contributed by atoms with Gasteiger partial charge in [0.05, 0.1) is 0 Å². The van der Waals surface area contributed by atoms with Gasteiger partial charge in [0.1, 0.15) is 5.52 Å². The van der Waals surface area contributed by atoms with Crippen LogP contribution in [-0.4, -0.2) is 4.98 Å². The Morgan fingerprint density at radius 3 is 2.52 bits per heavy atom. The molecule has 0 N–H and O–H groups in total. The molecule has 4 aromatic rings. The van der Waals surface area contributed by atoms with Crippen molar-refractivity contribution in [1.29, 1.82) is 0 Å². The van der Waals surface area contributed by atoms with Crippen molar-refractivity contribution in [3.63, 3.8) is 0 Å². The van der Waals surface area contributed by atoms with Gasteiger partial charge in [0.15, 0.2) is 5.58 Å². The summed E-state index contributed by atoms with van der Waals surface area (Å²) >= 11 is 3.49. The Morgan fingerprint density at radius 1 is 0.870 bits per heavy atom. The van der Waals surface area contributed by atoms with Crippen LogP contribution in [0.25, 0.3) is 22.6 Å². The number of hydrogen-bond acceptors (Lipinski definition) is 2. The summed E-state index contributed by atoms with van der Waals surface area (Å²) in [5, 5.41) is 0. The molecule has 0 saturated heterocycles. The van der Waals surface area contributed by atoms with Gasteiger partial charge < -0.3 is 4.42 Å². The smallest absolute Gasteiger partial charge is 0.227 e. The van der Waals surface area contributed by atoms with Crippen LogP contribution in [-0.2, 0) is 6.42 Å². The van der Waals surface area contributed by atoms with Gasteiger partial charge in [-0.05, 0) is 29.8 Å². The van der Waals surface area contributed by atoms with Gasteiger partial charge >= 0.3 is 0 Å². The molecule has 1 heterocycles. The van der Waals surface area contributed by atoms with Crippen molar-refractivity contribution in [3.8, 4) is 11.5 Å². The van der Waals surface area contributed by atoms with Crippen molar-refractivity contribution in [2.45, 2.75) is 6.42 Å². The highest BCUT2D eigenvalue weighted by atomic mass is 79.9. The Kier molecular flexibility index (Phi) is 3.72. The zero-order valence-corrected chi connectivity index (χ0v) is 14.0. The van der Waals surface area contributed by atoms with Gasteiger partial charge in [-0.1, -0.05) is 64.5 Å². The van der Waals surface area contributed by atoms with Crippen molar-refractivity contribution in [3.05, 3.63) is 88.4 Å². The van der Waals surface area contributed by atoms with Crippen LogP contribution < -0.4 is 0 Å². The fraction of sp³-hybridized carbons (Fsp3) is 0.0500. The summed E-state index contributed by atoms with van der Waals surface area (Å²) in [6.07, 6.45) is 0.839. The number of aromatic nitrogens is 1. The predicted molar refractivity (Wildman–Crippen MR) is 96.4 cm³/mol. The van der Waals surface area contributed by atoms with Crippen LogP contribution in [0.15, 0.2) is 81.7 Å². The molecule has 0 aliphatic rings. The molecule has 0 fully saturated rings. The van der Waals surface area contributed by atoms with Crippen molar-refractivity contribution < 1.29 is 4.42 Å². The number of nitrogens with zero attached hydrogens (tertiary/aromatic N) is 1. The van der Waals surface area contributed by atoms with E-state index in [1.807, 2.05) is 42.5 Å². The first-order valence-electron chi connectivity index (χ1n) is 7.48. The van der Waals surface area contributed by atoms with Gasteiger partial charge in [-0.3, -0.25) is 0 Å². The van der Waals surface area contributed by atoms with Crippen LogP contribution in [0, 0.1) is 0 Å². The number of para-hydroxylation sites is 1. The zero-order valence-electron chi connectivity index (χ0n) is 12.4. The maximum Gasteiger partial charge on any atom is 0.227 e. The Morgan fingerprint density at radius 2 is 1.70 bits per heavy atom. The molecule has 1 aromatic heterocycles. The molecule has 112 valence electrons. The van der Waals surface area contributed by atoms with E-state index < -0.39 is 0 Å². The second-order valence-electron chi connectivity index (χ2n) is 5.46. The number of oxazole rings is 1. The highest BCUT2D eigenvalue weighted by Crippen LogP contribution is 2.29. The average Bonchev–Trinajstić information content (AvgIpc) is 3.01. The standard InChI is InChI=1S/C20H14BrNO/c21-17-10-4-9-16(13-17)20-22-18-11-5-8-15(19(18)23-20)12-14-6-2-1-3-7-14/h1-11,13H,12H2. The third-order valence-electron chi connectivity index (χ3n) is 3.81. The van der Waals surface area contributed by atoms with E-state index in [9.17, 15) is 0 Å². The average molecular weight is 364 g/mol. The highest BCUT2D eigenvalue weighted by Gasteiger charge is 2.12. The largest absolute Gasteiger partial charge is 0.436 e. The third kappa shape index (κ3) is 2.92. The fourth-order valence-electron chi connectivity index (χ4n) is 2.71. The first kappa shape index (κ1) is 14.2. The Labute approximate surface area is 142 Å². The number of rotatable bonds is 3. The van der Waals surface area contributed by atoms with Gasteiger partial charge in [-0.25, -0.2) is 4.98 Å². The third-order valence-corrected chi connectivity index (χ3v) is 4.30. The number of hydrogen-bond donors (Lipinski definition) is 0. The molecule has 0 aliphatic heterocycles. The van der Waals surface area contributed by atoms with E-state index in [1.165, 1.54) is 5.56 Å². The van der Waals surface area contributed by atoms with Crippen LogP contribution in [0.4, 0.5) is 0 Å². The molecule has 0 amide bonds. The molecular formula is C20H14BrNO. The second kappa shape index (κ2) is 6.01. The first-order valence-corrected chi connectivity index (χ1v) is 8.27.